The molecule has 1 aliphatic heterocycles. The molecular formula is C15H19ClF2N4O. The zero-order valence-electron chi connectivity index (χ0n) is 12.6. The zero-order valence-corrected chi connectivity index (χ0v) is 13.4. The van der Waals surface area contributed by atoms with Crippen molar-refractivity contribution < 1.29 is 13.6 Å². The summed E-state index contributed by atoms with van der Waals surface area (Å²) in [6, 6.07) is 0.188. The van der Waals surface area contributed by atoms with Gasteiger partial charge in [-0.2, -0.15) is 0 Å². The van der Waals surface area contributed by atoms with Crippen LogP contribution in [0.4, 0.5) is 8.78 Å². The third-order valence-corrected chi connectivity index (χ3v) is 4.92. The summed E-state index contributed by atoms with van der Waals surface area (Å²) in [7, 11) is 0. The average molecular weight is 345 g/mol. The Morgan fingerprint density at radius 1 is 1.26 bits per heavy atom. The molecule has 0 aromatic carbocycles. The lowest BCUT2D eigenvalue weighted by Crippen LogP contribution is -2.60. The van der Waals surface area contributed by atoms with Gasteiger partial charge in [-0.1, -0.05) is 11.6 Å². The number of aromatic nitrogens is 2. The third kappa shape index (κ3) is 3.95. The highest BCUT2D eigenvalue weighted by molar-refractivity contribution is 6.29. The van der Waals surface area contributed by atoms with Gasteiger partial charge >= 0.3 is 0 Å². The first-order chi connectivity index (χ1) is 10.9. The predicted octanol–water partition coefficient (Wildman–Crippen LogP) is 2.26. The molecule has 23 heavy (non-hydrogen) atoms. The molecule has 1 aliphatic carbocycles. The Labute approximate surface area is 138 Å². The van der Waals surface area contributed by atoms with Gasteiger partial charge in [0, 0.05) is 24.4 Å². The molecule has 0 unspecified atom stereocenters. The Kier molecular flexibility index (Phi) is 4.77. The highest BCUT2D eigenvalue weighted by atomic mass is 35.5. The molecule has 8 heteroatoms. The van der Waals surface area contributed by atoms with Gasteiger partial charge in [0.1, 0.15) is 0 Å². The topological polar surface area (TPSA) is 58.1 Å². The fraction of sp³-hybridized carbons (Fsp3) is 0.667. The molecule has 1 aromatic heterocycles. The fourth-order valence-corrected chi connectivity index (χ4v) is 3.46. The summed E-state index contributed by atoms with van der Waals surface area (Å²) in [4.78, 5) is 22.0. The molecule has 0 bridgehead atoms. The Morgan fingerprint density at radius 2 is 1.91 bits per heavy atom. The summed E-state index contributed by atoms with van der Waals surface area (Å²) in [5, 5.41) is 3.12. The van der Waals surface area contributed by atoms with E-state index < -0.39 is 5.92 Å². The lowest BCUT2D eigenvalue weighted by molar-refractivity contribution is -0.152. The first-order valence-electron chi connectivity index (χ1n) is 7.79. The maximum atomic E-state index is 12.9. The number of hydrogen-bond donors (Lipinski definition) is 1. The van der Waals surface area contributed by atoms with Crippen LogP contribution in [0.15, 0.2) is 12.4 Å². The summed E-state index contributed by atoms with van der Waals surface area (Å²) in [5.74, 6) is -2.62. The van der Waals surface area contributed by atoms with E-state index >= 15 is 0 Å². The quantitative estimate of drug-likeness (QED) is 0.910. The molecule has 0 spiro atoms. The van der Waals surface area contributed by atoms with Crippen LogP contribution >= 0.6 is 11.6 Å². The minimum atomic E-state index is -2.52. The largest absolute Gasteiger partial charge is 0.350 e. The van der Waals surface area contributed by atoms with Crippen LogP contribution in [-0.4, -0.2) is 45.8 Å². The van der Waals surface area contributed by atoms with Crippen molar-refractivity contribution in [3.8, 4) is 0 Å². The number of nitrogens with zero attached hydrogens (tertiary/aromatic N) is 3. The van der Waals surface area contributed by atoms with Crippen LogP contribution in [0, 0.1) is 5.92 Å². The number of nitrogens with one attached hydrogen (secondary N) is 1. The van der Waals surface area contributed by atoms with E-state index in [-0.39, 0.29) is 42.7 Å². The summed E-state index contributed by atoms with van der Waals surface area (Å²) < 4.78 is 25.8. The van der Waals surface area contributed by atoms with Gasteiger partial charge in [-0.15, -0.1) is 0 Å². The van der Waals surface area contributed by atoms with Crippen LogP contribution in [0.3, 0.4) is 0 Å². The lowest BCUT2D eigenvalue weighted by atomic mass is 9.83. The highest BCUT2D eigenvalue weighted by Gasteiger charge is 2.47. The second-order valence-corrected chi connectivity index (χ2v) is 6.64. The molecule has 5 nitrogen and oxygen atoms in total. The maximum Gasteiger partial charge on any atom is 0.272 e. The Bertz CT molecular complexity index is 570. The summed E-state index contributed by atoms with van der Waals surface area (Å²) >= 11 is 5.90. The van der Waals surface area contributed by atoms with Gasteiger partial charge < -0.3 is 5.32 Å². The van der Waals surface area contributed by atoms with Crippen molar-refractivity contribution in [3.63, 3.8) is 0 Å². The van der Waals surface area contributed by atoms with Gasteiger partial charge in [-0.3, -0.25) is 14.7 Å². The number of alkyl halides is 2. The Morgan fingerprint density at radius 3 is 2.52 bits per heavy atom. The van der Waals surface area contributed by atoms with E-state index in [0.29, 0.717) is 5.69 Å². The van der Waals surface area contributed by atoms with E-state index in [2.05, 4.69) is 15.3 Å². The van der Waals surface area contributed by atoms with E-state index in [1.807, 2.05) is 4.90 Å². The molecule has 1 aromatic rings. The normalized spacial score (nSPS) is 27.3. The van der Waals surface area contributed by atoms with Crippen LogP contribution in [0.2, 0.25) is 5.15 Å². The van der Waals surface area contributed by atoms with Crippen molar-refractivity contribution >= 4 is 17.5 Å². The molecule has 126 valence electrons. The van der Waals surface area contributed by atoms with Crippen LogP contribution in [0.5, 0.6) is 0 Å². The summed E-state index contributed by atoms with van der Waals surface area (Å²) in [6.45, 7) is -0.0246. The van der Waals surface area contributed by atoms with Crippen molar-refractivity contribution in [3.05, 3.63) is 23.2 Å². The number of amides is 1. The number of carbonyl (C=O) groups excluding carboxylic acids is 1. The number of hydrogen-bond acceptors (Lipinski definition) is 4. The average Bonchev–Trinajstić information content (AvgIpc) is 2.51. The van der Waals surface area contributed by atoms with Crippen LogP contribution in [-0.2, 0) is 11.3 Å². The van der Waals surface area contributed by atoms with E-state index in [1.54, 1.807) is 0 Å². The van der Waals surface area contributed by atoms with Gasteiger partial charge in [0.25, 0.3) is 5.92 Å². The summed E-state index contributed by atoms with van der Waals surface area (Å²) in [6.07, 6.45) is 6.06. The maximum absolute atomic E-state index is 12.9. The smallest absolute Gasteiger partial charge is 0.272 e. The molecule has 0 radical (unpaired) electrons. The van der Waals surface area contributed by atoms with Crippen molar-refractivity contribution in [1.29, 1.82) is 0 Å². The number of rotatable bonds is 4. The molecule has 1 amide bonds. The van der Waals surface area contributed by atoms with Gasteiger partial charge in [-0.05, 0) is 25.7 Å². The molecule has 1 saturated heterocycles. The van der Waals surface area contributed by atoms with E-state index in [4.69, 9.17) is 11.6 Å². The van der Waals surface area contributed by atoms with Crippen molar-refractivity contribution in [2.24, 2.45) is 5.92 Å². The second kappa shape index (κ2) is 6.65. The van der Waals surface area contributed by atoms with E-state index in [9.17, 15) is 13.6 Å². The van der Waals surface area contributed by atoms with Gasteiger partial charge in [-0.25, -0.2) is 13.8 Å². The van der Waals surface area contributed by atoms with E-state index in [0.717, 1.165) is 25.7 Å². The van der Waals surface area contributed by atoms with Crippen LogP contribution in [0.25, 0.3) is 0 Å². The second-order valence-electron chi connectivity index (χ2n) is 6.28. The molecule has 2 aliphatic rings. The Balaban J connectivity index is 1.43. The molecule has 1 N–H and O–H groups in total. The van der Waals surface area contributed by atoms with Gasteiger partial charge in [0.05, 0.1) is 25.3 Å². The molecule has 2 fully saturated rings. The van der Waals surface area contributed by atoms with E-state index in [1.165, 1.54) is 12.4 Å². The van der Waals surface area contributed by atoms with Crippen molar-refractivity contribution in [2.75, 3.05) is 13.1 Å². The van der Waals surface area contributed by atoms with Gasteiger partial charge in [0.2, 0.25) is 5.91 Å². The summed E-state index contributed by atoms with van der Waals surface area (Å²) in [5.41, 5.74) is 0.541. The van der Waals surface area contributed by atoms with Crippen LogP contribution in [0.1, 0.15) is 31.4 Å². The predicted molar refractivity (Wildman–Crippen MR) is 81.2 cm³/mol. The van der Waals surface area contributed by atoms with Crippen molar-refractivity contribution in [1.82, 2.24) is 20.2 Å². The first kappa shape index (κ1) is 16.5. The molecular weight excluding hydrogens is 326 g/mol. The minimum Gasteiger partial charge on any atom is -0.350 e. The van der Waals surface area contributed by atoms with Crippen LogP contribution < -0.4 is 5.32 Å². The Hall–Kier alpha value is -1.34. The zero-order chi connectivity index (χ0) is 16.4. The molecule has 2 heterocycles. The highest BCUT2D eigenvalue weighted by Crippen LogP contribution is 2.35. The lowest BCUT2D eigenvalue weighted by Gasteiger charge is -2.46. The SMILES string of the molecule is O=C(NCc1nccnc1Cl)[C@H]1CC[C@H](N2CC(F)(F)C2)CC1. The molecule has 1 saturated carbocycles. The third-order valence-electron chi connectivity index (χ3n) is 4.61. The standard InChI is InChI=1S/C15H19ClF2N4O/c16-13-12(19-5-6-20-13)7-21-14(23)10-1-3-11(4-2-10)22-8-15(17,18)9-22/h5-6,10-11H,1-4,7-9H2,(H,21,23)/t10-,11-. The monoisotopic (exact) mass is 344 g/mol. The fourth-order valence-electron chi connectivity index (χ4n) is 3.29. The number of halogens is 3. The number of carbonyl (C=O) groups is 1. The van der Waals surface area contributed by atoms with Gasteiger partial charge in [0.15, 0.2) is 5.15 Å². The number of likely N-dealkylation sites (tertiary alicyclic amines) is 1. The minimum absolute atomic E-state index is 0.0286. The molecule has 0 atom stereocenters. The molecule has 3 rings (SSSR count). The first-order valence-corrected chi connectivity index (χ1v) is 8.17. The van der Waals surface area contributed by atoms with Crippen molar-refractivity contribution in [2.45, 2.75) is 44.2 Å².